The van der Waals surface area contributed by atoms with Gasteiger partial charge in [-0.25, -0.2) is 0 Å². The van der Waals surface area contributed by atoms with Crippen LogP contribution in [0.1, 0.15) is 0 Å². The predicted molar refractivity (Wildman–Crippen MR) is 15.5 cm³/mol. The molecule has 1 nitrogen and oxygen atoms in total. The predicted octanol–water partition coefficient (Wildman–Crippen LogP) is -6.39. The van der Waals surface area contributed by atoms with Crippen molar-refractivity contribution < 1.29 is 64.2 Å². The van der Waals surface area contributed by atoms with Gasteiger partial charge >= 0.3 is 59.1 Å². The molecule has 0 aliphatic rings. The Bertz CT molecular complexity index is 9.61. The zero-order valence-corrected chi connectivity index (χ0v) is 8.67. The SMILES string of the molecule is CO.[Na+].[Na+].[S-2]. The summed E-state index contributed by atoms with van der Waals surface area (Å²) in [6.07, 6.45) is 0. The zero-order chi connectivity index (χ0) is 2.00. The van der Waals surface area contributed by atoms with E-state index in [0.717, 1.165) is 7.11 Å². The summed E-state index contributed by atoms with van der Waals surface area (Å²) in [6.45, 7) is 0. The third-order valence-corrected chi connectivity index (χ3v) is 0. The molecule has 0 aliphatic heterocycles. The van der Waals surface area contributed by atoms with E-state index >= 15 is 0 Å². The van der Waals surface area contributed by atoms with Crippen molar-refractivity contribution in [2.75, 3.05) is 7.11 Å². The van der Waals surface area contributed by atoms with Gasteiger partial charge in [0.15, 0.2) is 0 Å². The monoisotopic (exact) mass is 110 g/mol. The van der Waals surface area contributed by atoms with Crippen LogP contribution < -0.4 is 59.1 Å². The van der Waals surface area contributed by atoms with E-state index in [1.54, 1.807) is 0 Å². The summed E-state index contributed by atoms with van der Waals surface area (Å²) < 4.78 is 0. The van der Waals surface area contributed by atoms with E-state index in [1.165, 1.54) is 0 Å². The molecule has 0 fully saturated rings. The number of rotatable bonds is 0. The summed E-state index contributed by atoms with van der Waals surface area (Å²) in [7, 11) is 1.00. The van der Waals surface area contributed by atoms with E-state index in [4.69, 9.17) is 5.11 Å². The van der Waals surface area contributed by atoms with Crippen molar-refractivity contribution in [3.63, 3.8) is 0 Å². The van der Waals surface area contributed by atoms with E-state index in [9.17, 15) is 0 Å². The molecule has 0 bridgehead atoms. The Morgan fingerprint density at radius 2 is 1.00 bits per heavy atom. The number of hydrogen-bond donors (Lipinski definition) is 1. The number of aliphatic hydroxyl groups excluding tert-OH is 1. The summed E-state index contributed by atoms with van der Waals surface area (Å²) in [6, 6.07) is 0. The average molecular weight is 110 g/mol. The third kappa shape index (κ3) is 22.0. The topological polar surface area (TPSA) is 20.2 Å². The first-order valence-corrected chi connectivity index (χ1v) is 0.447. The zero-order valence-electron chi connectivity index (χ0n) is 3.86. The van der Waals surface area contributed by atoms with Crippen LogP contribution in [0.25, 0.3) is 0 Å². The molecule has 0 saturated heterocycles. The molecular formula is CH4Na2OS. The first kappa shape index (κ1) is 26.6. The van der Waals surface area contributed by atoms with Gasteiger partial charge < -0.3 is 18.6 Å². The average Bonchev–Trinajstić information content (AvgIpc) is 1.00. The van der Waals surface area contributed by atoms with E-state index in [-0.39, 0.29) is 72.6 Å². The summed E-state index contributed by atoms with van der Waals surface area (Å²) in [5.74, 6) is 0. The summed E-state index contributed by atoms with van der Waals surface area (Å²) >= 11 is 0. The van der Waals surface area contributed by atoms with Gasteiger partial charge in [0, 0.05) is 7.11 Å². The van der Waals surface area contributed by atoms with Crippen LogP contribution in [0.5, 0.6) is 0 Å². The maximum atomic E-state index is 7.00. The minimum atomic E-state index is 0. The standard InChI is InChI=1S/CH4O.2Na.S/c1-2;;;/h2H,1H3;;;/q;2*+1;-2. The summed E-state index contributed by atoms with van der Waals surface area (Å²) in [5.41, 5.74) is 0. The van der Waals surface area contributed by atoms with Crippen LogP contribution in [-0.2, 0) is 13.5 Å². The van der Waals surface area contributed by atoms with Crippen molar-refractivity contribution in [1.29, 1.82) is 0 Å². The van der Waals surface area contributed by atoms with Crippen LogP contribution in [0.2, 0.25) is 0 Å². The van der Waals surface area contributed by atoms with Crippen LogP contribution >= 0.6 is 0 Å². The second-order valence-corrected chi connectivity index (χ2v) is 0. The van der Waals surface area contributed by atoms with Crippen LogP contribution in [0.4, 0.5) is 0 Å². The molecule has 0 atom stereocenters. The number of hydrogen-bond acceptors (Lipinski definition) is 1. The fourth-order valence-electron chi connectivity index (χ4n) is 0. The van der Waals surface area contributed by atoms with Crippen molar-refractivity contribution in [3.8, 4) is 0 Å². The van der Waals surface area contributed by atoms with Gasteiger partial charge in [-0.05, 0) is 0 Å². The molecule has 0 aliphatic carbocycles. The van der Waals surface area contributed by atoms with Gasteiger partial charge in [-0.1, -0.05) is 0 Å². The summed E-state index contributed by atoms with van der Waals surface area (Å²) in [4.78, 5) is 0. The fourth-order valence-corrected chi connectivity index (χ4v) is 0. The Morgan fingerprint density at radius 3 is 1.00 bits per heavy atom. The quantitative estimate of drug-likeness (QED) is 0.307. The third-order valence-electron chi connectivity index (χ3n) is 0. The van der Waals surface area contributed by atoms with E-state index in [1.807, 2.05) is 0 Å². The van der Waals surface area contributed by atoms with E-state index in [0.29, 0.717) is 0 Å². The molecule has 0 aromatic heterocycles. The normalized spacial score (nSPS) is 1.20. The van der Waals surface area contributed by atoms with Crippen LogP contribution in [0.3, 0.4) is 0 Å². The first-order chi connectivity index (χ1) is 1.00. The molecule has 22 valence electrons. The first-order valence-electron chi connectivity index (χ1n) is 0.447. The molecule has 0 spiro atoms. The molecule has 0 rings (SSSR count). The molecule has 0 amide bonds. The van der Waals surface area contributed by atoms with Crippen molar-refractivity contribution >= 4 is 13.5 Å². The molecule has 0 aromatic rings. The van der Waals surface area contributed by atoms with Gasteiger partial charge in [0.25, 0.3) is 0 Å². The van der Waals surface area contributed by atoms with Crippen molar-refractivity contribution in [2.24, 2.45) is 0 Å². The van der Waals surface area contributed by atoms with Gasteiger partial charge in [0.05, 0.1) is 0 Å². The van der Waals surface area contributed by atoms with Gasteiger partial charge in [0.1, 0.15) is 0 Å². The Morgan fingerprint density at radius 1 is 1.00 bits per heavy atom. The minimum absolute atomic E-state index is 0. The fraction of sp³-hybridized carbons (Fsp3) is 1.00. The van der Waals surface area contributed by atoms with Crippen LogP contribution in [0, 0.1) is 0 Å². The van der Waals surface area contributed by atoms with Gasteiger partial charge in [-0.3, -0.25) is 0 Å². The minimum Gasteiger partial charge on any atom is -2.00 e. The van der Waals surface area contributed by atoms with E-state index in [2.05, 4.69) is 0 Å². The van der Waals surface area contributed by atoms with Crippen molar-refractivity contribution in [3.05, 3.63) is 0 Å². The Balaban J connectivity index is -0.00000000167. The Labute approximate surface area is 83.6 Å². The molecular weight excluding hydrogens is 106 g/mol. The summed E-state index contributed by atoms with van der Waals surface area (Å²) in [5, 5.41) is 7.00. The van der Waals surface area contributed by atoms with Gasteiger partial charge in [-0.15, -0.1) is 0 Å². The van der Waals surface area contributed by atoms with Crippen LogP contribution in [0.15, 0.2) is 0 Å². The van der Waals surface area contributed by atoms with Crippen molar-refractivity contribution in [1.82, 2.24) is 0 Å². The Kier molecular flexibility index (Phi) is 177. The molecule has 4 heteroatoms. The molecule has 5 heavy (non-hydrogen) atoms. The van der Waals surface area contributed by atoms with Crippen LogP contribution in [-0.4, -0.2) is 12.2 Å². The smallest absolute Gasteiger partial charge is 1.00 e. The molecule has 0 heterocycles. The number of aliphatic hydroxyl groups is 1. The molecule has 1 N–H and O–H groups in total. The van der Waals surface area contributed by atoms with Crippen molar-refractivity contribution in [2.45, 2.75) is 0 Å². The molecule has 0 radical (unpaired) electrons. The van der Waals surface area contributed by atoms with Gasteiger partial charge in [-0.2, -0.15) is 0 Å². The molecule has 0 aromatic carbocycles. The second kappa shape index (κ2) is 33.3. The van der Waals surface area contributed by atoms with E-state index < -0.39 is 0 Å². The Hall–Kier alpha value is 2.31. The molecule has 0 unspecified atom stereocenters. The molecule has 0 saturated carbocycles. The maximum Gasteiger partial charge on any atom is 1.00 e. The maximum absolute atomic E-state index is 7.00. The largest absolute Gasteiger partial charge is 2.00 e. The second-order valence-electron chi connectivity index (χ2n) is 0. The van der Waals surface area contributed by atoms with Gasteiger partial charge in [0.2, 0.25) is 0 Å².